The highest BCUT2D eigenvalue weighted by Gasteiger charge is 2.07. The van der Waals surface area contributed by atoms with Crippen molar-refractivity contribution < 1.29 is 0 Å². The molecule has 0 saturated carbocycles. The molecule has 0 saturated heterocycles. The third-order valence-corrected chi connectivity index (χ3v) is 4.45. The normalized spacial score (nSPS) is 13.8. The van der Waals surface area contributed by atoms with Crippen LogP contribution in [0.2, 0.25) is 0 Å². The fraction of sp³-hybridized carbons (Fsp3) is 1.00. The van der Waals surface area contributed by atoms with E-state index in [1.165, 1.54) is 30.8 Å². The van der Waals surface area contributed by atoms with Crippen LogP contribution in [0, 0.1) is 5.92 Å². The Morgan fingerprint density at radius 1 is 1.25 bits per heavy atom. The lowest BCUT2D eigenvalue weighted by Crippen LogP contribution is -2.06. The van der Waals surface area contributed by atoms with Crippen LogP contribution in [0.4, 0.5) is 0 Å². The molecule has 0 radical (unpaired) electrons. The highest BCUT2D eigenvalue weighted by Crippen LogP contribution is 2.19. The number of unbranched alkanes of at least 4 members (excludes halogenated alkanes) is 1. The van der Waals surface area contributed by atoms with Crippen molar-refractivity contribution in [2.24, 2.45) is 5.92 Å². The Hall–Kier alpha value is 0.830. The van der Waals surface area contributed by atoms with Gasteiger partial charge in [-0.25, -0.2) is 0 Å². The topological polar surface area (TPSA) is 0 Å². The Morgan fingerprint density at radius 3 is 2.42 bits per heavy atom. The Balaban J connectivity index is 3.08. The monoisotopic (exact) mass is 252 g/mol. The highest BCUT2D eigenvalue weighted by atomic mass is 79.9. The van der Waals surface area contributed by atoms with Crippen LogP contribution in [-0.4, -0.2) is 16.3 Å². The van der Waals surface area contributed by atoms with Gasteiger partial charge in [-0.2, -0.15) is 11.8 Å². The molecular formula is C10H21BrS. The molecule has 0 spiro atoms. The van der Waals surface area contributed by atoms with Crippen molar-refractivity contribution in [1.29, 1.82) is 0 Å². The summed E-state index contributed by atoms with van der Waals surface area (Å²) in [6, 6.07) is 0. The first-order valence-corrected chi connectivity index (χ1v) is 6.97. The van der Waals surface area contributed by atoms with Crippen LogP contribution in [0.15, 0.2) is 0 Å². The Kier molecular flexibility index (Phi) is 9.01. The summed E-state index contributed by atoms with van der Waals surface area (Å²) in [7, 11) is 0. The van der Waals surface area contributed by atoms with E-state index in [4.69, 9.17) is 0 Å². The van der Waals surface area contributed by atoms with Crippen molar-refractivity contribution in [3.05, 3.63) is 0 Å². The quantitative estimate of drug-likeness (QED) is 0.480. The first-order valence-electron chi connectivity index (χ1n) is 4.90. The van der Waals surface area contributed by atoms with Gasteiger partial charge in [0.15, 0.2) is 0 Å². The van der Waals surface area contributed by atoms with E-state index in [1.807, 2.05) is 0 Å². The molecule has 0 aromatic rings. The smallest absolute Gasteiger partial charge is 0.0168 e. The fourth-order valence-electron chi connectivity index (χ4n) is 1.02. The van der Waals surface area contributed by atoms with Crippen molar-refractivity contribution in [1.82, 2.24) is 0 Å². The van der Waals surface area contributed by atoms with Gasteiger partial charge in [-0.1, -0.05) is 43.1 Å². The Morgan fingerprint density at radius 2 is 1.92 bits per heavy atom. The second kappa shape index (κ2) is 8.43. The van der Waals surface area contributed by atoms with Gasteiger partial charge in [0.25, 0.3) is 0 Å². The van der Waals surface area contributed by atoms with E-state index >= 15 is 0 Å². The third kappa shape index (κ3) is 7.48. The second-order valence-electron chi connectivity index (χ2n) is 3.45. The minimum absolute atomic E-state index is 0.726. The van der Waals surface area contributed by atoms with Crippen LogP contribution in [0.25, 0.3) is 0 Å². The van der Waals surface area contributed by atoms with Crippen molar-refractivity contribution in [3.8, 4) is 0 Å². The summed E-state index contributed by atoms with van der Waals surface area (Å²) < 4.78 is 0. The molecule has 0 aromatic heterocycles. The minimum atomic E-state index is 0.726. The molecule has 0 heterocycles. The van der Waals surface area contributed by atoms with E-state index in [9.17, 15) is 0 Å². The van der Waals surface area contributed by atoms with Crippen LogP contribution in [0.3, 0.4) is 0 Å². The maximum Gasteiger partial charge on any atom is 0.0168 e. The summed E-state index contributed by atoms with van der Waals surface area (Å²) >= 11 is 5.76. The summed E-state index contributed by atoms with van der Waals surface area (Å²) in [4.78, 5) is 0.726. The SMILES string of the molecule is CCSCCCCC(Br)C(C)C. The molecule has 0 aliphatic rings. The lowest BCUT2D eigenvalue weighted by atomic mass is 10.1. The molecule has 0 aliphatic heterocycles. The predicted molar refractivity (Wildman–Crippen MR) is 64.4 cm³/mol. The lowest BCUT2D eigenvalue weighted by Gasteiger charge is -2.12. The molecule has 12 heavy (non-hydrogen) atoms. The zero-order valence-electron chi connectivity index (χ0n) is 8.48. The molecule has 0 bridgehead atoms. The van der Waals surface area contributed by atoms with Gasteiger partial charge in [0, 0.05) is 4.83 Å². The molecular weight excluding hydrogens is 232 g/mol. The fourth-order valence-corrected chi connectivity index (χ4v) is 2.04. The van der Waals surface area contributed by atoms with Crippen molar-refractivity contribution in [2.75, 3.05) is 11.5 Å². The minimum Gasteiger partial charge on any atom is -0.162 e. The number of hydrogen-bond acceptors (Lipinski definition) is 1. The van der Waals surface area contributed by atoms with E-state index in [0.717, 1.165) is 10.7 Å². The molecule has 1 unspecified atom stereocenters. The first-order chi connectivity index (χ1) is 5.68. The Bertz CT molecular complexity index is 93.8. The summed E-state index contributed by atoms with van der Waals surface area (Å²) in [6.07, 6.45) is 4.09. The zero-order valence-corrected chi connectivity index (χ0v) is 10.9. The molecule has 1 atom stereocenters. The number of thioether (sulfide) groups is 1. The van der Waals surface area contributed by atoms with E-state index in [-0.39, 0.29) is 0 Å². The molecule has 0 amide bonds. The van der Waals surface area contributed by atoms with E-state index in [1.54, 1.807) is 0 Å². The van der Waals surface area contributed by atoms with Gasteiger partial charge in [0.05, 0.1) is 0 Å². The summed E-state index contributed by atoms with van der Waals surface area (Å²) in [5, 5.41) is 0. The second-order valence-corrected chi connectivity index (χ2v) is 6.02. The van der Waals surface area contributed by atoms with Gasteiger partial charge in [-0.3, -0.25) is 0 Å². The van der Waals surface area contributed by atoms with Gasteiger partial charge in [-0.15, -0.1) is 0 Å². The number of halogens is 1. The van der Waals surface area contributed by atoms with Gasteiger partial charge in [0.1, 0.15) is 0 Å². The third-order valence-electron chi connectivity index (χ3n) is 1.95. The molecule has 2 heteroatoms. The largest absolute Gasteiger partial charge is 0.162 e. The molecule has 74 valence electrons. The average molecular weight is 253 g/mol. The predicted octanol–water partition coefficient (Wildman–Crippen LogP) is 4.33. The van der Waals surface area contributed by atoms with Gasteiger partial charge in [0.2, 0.25) is 0 Å². The lowest BCUT2D eigenvalue weighted by molar-refractivity contribution is 0.560. The Labute approximate surface area is 90.0 Å². The molecule has 0 aliphatic carbocycles. The maximum atomic E-state index is 3.70. The average Bonchev–Trinajstić information content (AvgIpc) is 2.03. The van der Waals surface area contributed by atoms with Gasteiger partial charge < -0.3 is 0 Å². The number of alkyl halides is 1. The van der Waals surface area contributed by atoms with E-state index < -0.39 is 0 Å². The first kappa shape index (κ1) is 12.8. The van der Waals surface area contributed by atoms with Gasteiger partial charge >= 0.3 is 0 Å². The van der Waals surface area contributed by atoms with Crippen LogP contribution < -0.4 is 0 Å². The maximum absolute atomic E-state index is 3.70. The zero-order chi connectivity index (χ0) is 9.40. The standard InChI is InChI=1S/C10H21BrS/c1-4-12-8-6-5-7-10(11)9(2)3/h9-10H,4-8H2,1-3H3. The van der Waals surface area contributed by atoms with Crippen LogP contribution >= 0.6 is 27.7 Å². The molecule has 0 fully saturated rings. The van der Waals surface area contributed by atoms with Gasteiger partial charge in [-0.05, 0) is 30.3 Å². The summed E-state index contributed by atoms with van der Waals surface area (Å²) in [5.41, 5.74) is 0. The molecule has 0 rings (SSSR count). The van der Waals surface area contributed by atoms with Crippen LogP contribution in [0.5, 0.6) is 0 Å². The van der Waals surface area contributed by atoms with Crippen LogP contribution in [0.1, 0.15) is 40.0 Å². The summed E-state index contributed by atoms with van der Waals surface area (Å²) in [6.45, 7) is 6.78. The molecule has 0 aromatic carbocycles. The molecule has 0 N–H and O–H groups in total. The number of hydrogen-bond donors (Lipinski definition) is 0. The molecule has 0 nitrogen and oxygen atoms in total. The van der Waals surface area contributed by atoms with E-state index in [2.05, 4.69) is 48.5 Å². The highest BCUT2D eigenvalue weighted by molar-refractivity contribution is 9.09. The van der Waals surface area contributed by atoms with Crippen LogP contribution in [-0.2, 0) is 0 Å². The van der Waals surface area contributed by atoms with E-state index in [0.29, 0.717) is 0 Å². The number of rotatable bonds is 7. The van der Waals surface area contributed by atoms with Crippen molar-refractivity contribution in [2.45, 2.75) is 44.9 Å². The van der Waals surface area contributed by atoms with Crippen molar-refractivity contribution >= 4 is 27.7 Å². The summed E-state index contributed by atoms with van der Waals surface area (Å²) in [5.74, 6) is 3.39. The van der Waals surface area contributed by atoms with Crippen molar-refractivity contribution in [3.63, 3.8) is 0 Å².